The van der Waals surface area contributed by atoms with Gasteiger partial charge in [-0.15, -0.1) is 0 Å². The Labute approximate surface area is 182 Å². The van der Waals surface area contributed by atoms with Crippen LogP contribution in [0.4, 0.5) is 15.9 Å². The molecule has 6 nitrogen and oxygen atoms in total. The summed E-state index contributed by atoms with van der Waals surface area (Å²) in [7, 11) is 3.38. The third kappa shape index (κ3) is 5.06. The molecule has 1 aliphatic heterocycles. The molecule has 0 spiro atoms. The largest absolute Gasteiger partial charge is 0.497 e. The van der Waals surface area contributed by atoms with Gasteiger partial charge in [-0.2, -0.15) is 0 Å². The molecule has 1 fully saturated rings. The quantitative estimate of drug-likeness (QED) is 0.559. The maximum atomic E-state index is 13.8. The monoisotopic (exact) mass is 424 g/mol. The fraction of sp³-hybridized carbons (Fsp3) is 0.375. The zero-order chi connectivity index (χ0) is 21.6. The van der Waals surface area contributed by atoms with Crippen molar-refractivity contribution in [1.29, 1.82) is 0 Å². The lowest BCUT2D eigenvalue weighted by molar-refractivity contribution is 0.199. The SMILES string of the molecule is COCCNCc1cc2ccc(F)cc2nc1N1CCN(c2cccc(OC)c2)CC1. The fourth-order valence-corrected chi connectivity index (χ4v) is 3.96. The van der Waals surface area contributed by atoms with Gasteiger partial charge in [-0.05, 0) is 30.3 Å². The van der Waals surface area contributed by atoms with E-state index < -0.39 is 0 Å². The predicted molar refractivity (Wildman–Crippen MR) is 123 cm³/mol. The van der Waals surface area contributed by atoms with Gasteiger partial charge in [0.2, 0.25) is 0 Å². The summed E-state index contributed by atoms with van der Waals surface area (Å²) in [4.78, 5) is 9.52. The van der Waals surface area contributed by atoms with Gasteiger partial charge in [0.15, 0.2) is 0 Å². The molecule has 0 atom stereocenters. The van der Waals surface area contributed by atoms with Crippen LogP contribution < -0.4 is 19.9 Å². The number of benzene rings is 2. The number of nitrogens with one attached hydrogen (secondary N) is 1. The molecular formula is C24H29FN4O2. The van der Waals surface area contributed by atoms with E-state index >= 15 is 0 Å². The molecule has 1 aromatic heterocycles. The molecule has 0 saturated carbocycles. The highest BCUT2D eigenvalue weighted by Crippen LogP contribution is 2.27. The first-order valence-electron chi connectivity index (χ1n) is 10.6. The van der Waals surface area contributed by atoms with Crippen LogP contribution in [0.5, 0.6) is 5.75 Å². The molecule has 31 heavy (non-hydrogen) atoms. The summed E-state index contributed by atoms with van der Waals surface area (Å²) in [6.07, 6.45) is 0. The van der Waals surface area contributed by atoms with Gasteiger partial charge in [-0.3, -0.25) is 0 Å². The summed E-state index contributed by atoms with van der Waals surface area (Å²) >= 11 is 0. The highest BCUT2D eigenvalue weighted by molar-refractivity contribution is 5.82. The van der Waals surface area contributed by atoms with E-state index in [9.17, 15) is 4.39 Å². The summed E-state index contributed by atoms with van der Waals surface area (Å²) in [5, 5.41) is 4.36. The third-order valence-electron chi connectivity index (χ3n) is 5.63. The average molecular weight is 425 g/mol. The van der Waals surface area contributed by atoms with E-state index in [1.807, 2.05) is 12.1 Å². The van der Waals surface area contributed by atoms with Gasteiger partial charge < -0.3 is 24.6 Å². The Morgan fingerprint density at radius 1 is 1.00 bits per heavy atom. The predicted octanol–water partition coefficient (Wildman–Crippen LogP) is 3.45. The van der Waals surface area contributed by atoms with Crippen LogP contribution in [0.15, 0.2) is 48.5 Å². The van der Waals surface area contributed by atoms with Gasteiger partial charge in [0.1, 0.15) is 17.4 Å². The van der Waals surface area contributed by atoms with E-state index in [0.29, 0.717) is 18.7 Å². The number of methoxy groups -OCH3 is 2. The van der Waals surface area contributed by atoms with Crippen LogP contribution in [-0.2, 0) is 11.3 Å². The van der Waals surface area contributed by atoms with Crippen LogP contribution in [0.25, 0.3) is 10.9 Å². The molecule has 0 radical (unpaired) electrons. The number of hydrogen-bond acceptors (Lipinski definition) is 6. The molecule has 0 unspecified atom stereocenters. The summed E-state index contributed by atoms with van der Waals surface area (Å²) in [5.41, 5.74) is 2.96. The molecule has 0 aliphatic carbocycles. The summed E-state index contributed by atoms with van der Waals surface area (Å²) in [6, 6.07) is 15.1. The van der Waals surface area contributed by atoms with Crippen LogP contribution in [0.2, 0.25) is 0 Å². The summed E-state index contributed by atoms with van der Waals surface area (Å²) in [6.45, 7) is 5.56. The zero-order valence-corrected chi connectivity index (χ0v) is 18.1. The third-order valence-corrected chi connectivity index (χ3v) is 5.63. The lowest BCUT2D eigenvalue weighted by Crippen LogP contribution is -2.47. The molecule has 7 heteroatoms. The Balaban J connectivity index is 1.54. The Morgan fingerprint density at radius 2 is 1.81 bits per heavy atom. The second kappa shape index (κ2) is 9.94. The maximum absolute atomic E-state index is 13.8. The van der Waals surface area contributed by atoms with Crippen molar-refractivity contribution in [3.8, 4) is 5.75 Å². The molecule has 1 N–H and O–H groups in total. The molecule has 0 bridgehead atoms. The van der Waals surface area contributed by atoms with Gasteiger partial charge in [0.05, 0.1) is 19.2 Å². The van der Waals surface area contributed by atoms with Crippen LogP contribution >= 0.6 is 0 Å². The van der Waals surface area contributed by atoms with Crippen molar-refractivity contribution < 1.29 is 13.9 Å². The van der Waals surface area contributed by atoms with Crippen molar-refractivity contribution in [1.82, 2.24) is 10.3 Å². The number of anilines is 2. The van der Waals surface area contributed by atoms with E-state index in [4.69, 9.17) is 14.5 Å². The highest BCUT2D eigenvalue weighted by Gasteiger charge is 2.21. The number of pyridine rings is 1. The topological polar surface area (TPSA) is 49.9 Å². The minimum atomic E-state index is -0.264. The Kier molecular flexibility index (Phi) is 6.84. The fourth-order valence-electron chi connectivity index (χ4n) is 3.96. The molecule has 1 saturated heterocycles. The lowest BCUT2D eigenvalue weighted by atomic mass is 10.1. The second-order valence-corrected chi connectivity index (χ2v) is 7.65. The average Bonchev–Trinajstić information content (AvgIpc) is 2.81. The summed E-state index contributed by atoms with van der Waals surface area (Å²) < 4.78 is 24.3. The number of rotatable bonds is 8. The van der Waals surface area contributed by atoms with Crippen molar-refractivity contribution in [3.63, 3.8) is 0 Å². The van der Waals surface area contributed by atoms with Gasteiger partial charge in [0, 0.05) is 75.1 Å². The Morgan fingerprint density at radius 3 is 2.58 bits per heavy atom. The maximum Gasteiger partial charge on any atom is 0.133 e. The molecule has 3 aromatic rings. The van der Waals surface area contributed by atoms with E-state index in [1.165, 1.54) is 12.1 Å². The smallest absolute Gasteiger partial charge is 0.133 e. The first-order valence-corrected chi connectivity index (χ1v) is 10.6. The number of aromatic nitrogens is 1. The first kappa shape index (κ1) is 21.3. The lowest BCUT2D eigenvalue weighted by Gasteiger charge is -2.37. The molecule has 1 aliphatic rings. The van der Waals surface area contributed by atoms with E-state index in [-0.39, 0.29) is 5.82 Å². The zero-order valence-electron chi connectivity index (χ0n) is 18.1. The standard InChI is InChI=1S/C24H29FN4O2/c1-30-13-8-26-17-19-14-18-6-7-20(25)15-23(18)27-24(19)29-11-9-28(10-12-29)21-4-3-5-22(16-21)31-2/h3-7,14-16,26H,8-13,17H2,1-2H3. The molecule has 2 aromatic carbocycles. The first-order chi connectivity index (χ1) is 15.2. The Bertz CT molecular complexity index is 1020. The van der Waals surface area contributed by atoms with E-state index in [2.05, 4.69) is 33.3 Å². The number of fused-ring (bicyclic) bond motifs is 1. The van der Waals surface area contributed by atoms with Crippen molar-refractivity contribution in [3.05, 3.63) is 59.9 Å². The Hall–Kier alpha value is -2.90. The minimum absolute atomic E-state index is 0.264. The molecule has 0 amide bonds. The van der Waals surface area contributed by atoms with Crippen LogP contribution in [-0.4, -0.2) is 58.5 Å². The van der Waals surface area contributed by atoms with Crippen molar-refractivity contribution in [2.24, 2.45) is 0 Å². The van der Waals surface area contributed by atoms with E-state index in [0.717, 1.165) is 60.9 Å². The van der Waals surface area contributed by atoms with Crippen LogP contribution in [0.1, 0.15) is 5.56 Å². The number of piperazine rings is 1. The van der Waals surface area contributed by atoms with Gasteiger partial charge >= 0.3 is 0 Å². The number of nitrogens with zero attached hydrogens (tertiary/aromatic N) is 3. The molecule has 2 heterocycles. The van der Waals surface area contributed by atoms with Crippen molar-refractivity contribution in [2.45, 2.75) is 6.54 Å². The molecule has 164 valence electrons. The normalized spacial score (nSPS) is 14.3. The van der Waals surface area contributed by atoms with Crippen molar-refractivity contribution in [2.75, 3.05) is 63.4 Å². The highest BCUT2D eigenvalue weighted by atomic mass is 19.1. The van der Waals surface area contributed by atoms with Crippen LogP contribution in [0, 0.1) is 5.82 Å². The second-order valence-electron chi connectivity index (χ2n) is 7.65. The number of hydrogen-bond donors (Lipinski definition) is 1. The van der Waals surface area contributed by atoms with Gasteiger partial charge in [0.25, 0.3) is 0 Å². The minimum Gasteiger partial charge on any atom is -0.497 e. The van der Waals surface area contributed by atoms with Crippen LogP contribution in [0.3, 0.4) is 0 Å². The molecular weight excluding hydrogens is 395 g/mol. The number of ether oxygens (including phenoxy) is 2. The van der Waals surface area contributed by atoms with E-state index in [1.54, 1.807) is 20.3 Å². The van der Waals surface area contributed by atoms with Gasteiger partial charge in [-0.1, -0.05) is 6.07 Å². The van der Waals surface area contributed by atoms with Crippen molar-refractivity contribution >= 4 is 22.4 Å². The molecule has 4 rings (SSSR count). The number of halogens is 1. The van der Waals surface area contributed by atoms with Gasteiger partial charge in [-0.25, -0.2) is 9.37 Å². The summed E-state index contributed by atoms with van der Waals surface area (Å²) in [5.74, 6) is 1.52.